The van der Waals surface area contributed by atoms with Gasteiger partial charge in [0.2, 0.25) is 0 Å². The van der Waals surface area contributed by atoms with Gasteiger partial charge in [-0.3, -0.25) is 15.0 Å². The Bertz CT molecular complexity index is 1760. The van der Waals surface area contributed by atoms with Crippen LogP contribution in [0.1, 0.15) is 58.7 Å². The number of anilines is 2. The van der Waals surface area contributed by atoms with Crippen LogP contribution in [-0.4, -0.2) is 125 Å². The number of hydrogen-bond donors (Lipinski definition) is 5. The lowest BCUT2D eigenvalue weighted by Crippen LogP contribution is -2.50. The predicted molar refractivity (Wildman–Crippen MR) is 220 cm³/mol. The van der Waals surface area contributed by atoms with E-state index in [1.165, 1.54) is 28.3 Å². The van der Waals surface area contributed by atoms with Crippen LogP contribution in [0.3, 0.4) is 0 Å². The minimum atomic E-state index is -0.377. The molecule has 0 atom stereocenters. The highest BCUT2D eigenvalue weighted by Crippen LogP contribution is 2.30. The molecule has 3 amide bonds. The molecule has 4 aliphatic heterocycles. The van der Waals surface area contributed by atoms with Gasteiger partial charge in [0, 0.05) is 84.4 Å². The van der Waals surface area contributed by atoms with Gasteiger partial charge in [-0.15, -0.1) is 22.7 Å². The molecule has 0 unspecified atom stereocenters. The van der Waals surface area contributed by atoms with E-state index in [1.807, 2.05) is 34.1 Å². The standard InChI is InChI=1S/C18H24ClN5O2S.C13H17ClN4S.C5H8ClNO2/c19-16-2-1-14(27-16)12-20-17-11-15(21-22-17)13-3-5-23(6-4-13)18(25)24-7-9-26-10-8-24;14-12-2-1-10(19-12)8-16-13-7-11(17-18-13)9-3-5-15-6-4-9;6-5(8)7-1-3-9-4-2-7/h1-2,11,13H,3-10,12H2,(H2,20,21,22);1-2,7,9,15H,3-6,8H2,(H2,16,17,18);1-4H2. The van der Waals surface area contributed by atoms with Gasteiger partial charge in [0.25, 0.3) is 0 Å². The van der Waals surface area contributed by atoms with Crippen molar-refractivity contribution in [3.05, 3.63) is 66.2 Å². The number of carbonyl (C=O) groups is 2. The molecule has 0 spiro atoms. The van der Waals surface area contributed by atoms with E-state index >= 15 is 0 Å². The van der Waals surface area contributed by atoms with E-state index in [-0.39, 0.29) is 11.4 Å². The van der Waals surface area contributed by atoms with Crippen molar-refractivity contribution in [2.45, 2.75) is 50.6 Å². The highest BCUT2D eigenvalue weighted by molar-refractivity contribution is 7.16. The third-order valence-electron chi connectivity index (χ3n) is 9.87. The van der Waals surface area contributed by atoms with Crippen molar-refractivity contribution in [3.63, 3.8) is 0 Å². The molecule has 300 valence electrons. The topological polar surface area (TPSA) is 156 Å². The fourth-order valence-electron chi connectivity index (χ4n) is 6.73. The maximum Gasteiger partial charge on any atom is 0.320 e. The number of halogens is 3. The molecule has 4 aliphatic rings. The Labute approximate surface area is 344 Å². The van der Waals surface area contributed by atoms with Crippen molar-refractivity contribution in [2.75, 3.05) is 89.4 Å². The van der Waals surface area contributed by atoms with E-state index in [4.69, 9.17) is 44.3 Å². The minimum absolute atomic E-state index is 0.151. The van der Waals surface area contributed by atoms with Gasteiger partial charge in [0.1, 0.15) is 11.6 Å². The third kappa shape index (κ3) is 13.0. The first-order valence-electron chi connectivity index (χ1n) is 18.7. The van der Waals surface area contributed by atoms with Gasteiger partial charge in [-0.1, -0.05) is 23.2 Å². The number of rotatable bonds is 8. The summed E-state index contributed by atoms with van der Waals surface area (Å²) in [6.45, 7) is 10.4. The molecular weight excluding hydrogens is 807 g/mol. The fraction of sp³-hybridized carbons (Fsp3) is 0.556. The minimum Gasteiger partial charge on any atom is -0.378 e. The van der Waals surface area contributed by atoms with E-state index in [0.717, 1.165) is 71.6 Å². The SMILES string of the molecule is Clc1ccc(CNc2cc(C3CCNCC3)[nH]n2)s1.O=C(Cl)N1CCOCC1.O=C(N1CCOCC1)N1CCC(c2cc(NCc3ccc(Cl)s3)n[nH]2)CC1. The van der Waals surface area contributed by atoms with Crippen molar-refractivity contribution in [3.8, 4) is 0 Å². The van der Waals surface area contributed by atoms with E-state index in [1.54, 1.807) is 27.6 Å². The van der Waals surface area contributed by atoms with Crippen molar-refractivity contribution in [1.82, 2.24) is 40.4 Å². The number of nitrogens with zero attached hydrogens (tertiary/aromatic N) is 5. The Hall–Kier alpha value is -3.09. The lowest BCUT2D eigenvalue weighted by molar-refractivity contribution is 0.0411. The maximum absolute atomic E-state index is 12.6. The van der Waals surface area contributed by atoms with Gasteiger partial charge in [-0.05, 0) is 74.6 Å². The van der Waals surface area contributed by atoms with Gasteiger partial charge >= 0.3 is 11.4 Å². The Morgan fingerprint density at radius 2 is 1.15 bits per heavy atom. The number of ether oxygens (including phenoxy) is 2. The first-order chi connectivity index (χ1) is 26.8. The Kier molecular flexibility index (Phi) is 16.2. The van der Waals surface area contributed by atoms with Crippen LogP contribution in [0.25, 0.3) is 0 Å². The molecule has 19 heteroatoms. The molecule has 8 heterocycles. The number of amides is 3. The molecule has 4 aromatic rings. The number of hydrogen-bond acceptors (Lipinski definition) is 11. The van der Waals surface area contributed by atoms with Gasteiger partial charge in [-0.2, -0.15) is 10.2 Å². The van der Waals surface area contributed by atoms with E-state index in [2.05, 4.69) is 48.5 Å². The normalized spacial score (nSPS) is 18.2. The van der Waals surface area contributed by atoms with Gasteiger partial charge in [-0.25, -0.2) is 4.79 Å². The van der Waals surface area contributed by atoms with Crippen LogP contribution in [0.4, 0.5) is 21.2 Å². The first kappa shape index (κ1) is 41.5. The van der Waals surface area contributed by atoms with Crippen molar-refractivity contribution < 1.29 is 19.1 Å². The number of thiophene rings is 2. The second kappa shape index (κ2) is 21.4. The first-order valence-corrected chi connectivity index (χ1v) is 21.5. The molecule has 0 aliphatic carbocycles. The smallest absolute Gasteiger partial charge is 0.320 e. The molecule has 14 nitrogen and oxygen atoms in total. The Balaban J connectivity index is 0.000000159. The number of carbonyl (C=O) groups excluding carboxylic acids is 2. The van der Waals surface area contributed by atoms with E-state index < -0.39 is 0 Å². The lowest BCUT2D eigenvalue weighted by Gasteiger charge is -2.36. The van der Waals surface area contributed by atoms with Gasteiger partial charge in [0.05, 0.1) is 48.2 Å². The molecule has 4 saturated heterocycles. The molecule has 55 heavy (non-hydrogen) atoms. The summed E-state index contributed by atoms with van der Waals surface area (Å²) in [7, 11) is 0. The molecule has 4 fully saturated rings. The average molecular weight is 856 g/mol. The number of nitrogens with one attached hydrogen (secondary N) is 5. The molecule has 8 rings (SSSR count). The molecule has 5 N–H and O–H groups in total. The summed E-state index contributed by atoms with van der Waals surface area (Å²) >= 11 is 20.2. The van der Waals surface area contributed by atoms with Crippen LogP contribution >= 0.6 is 57.5 Å². The summed E-state index contributed by atoms with van der Waals surface area (Å²) in [5.41, 5.74) is 2.38. The summed E-state index contributed by atoms with van der Waals surface area (Å²) < 4.78 is 12.0. The van der Waals surface area contributed by atoms with Crippen LogP contribution in [0, 0.1) is 0 Å². The number of piperidine rings is 2. The maximum atomic E-state index is 12.6. The second-order valence-electron chi connectivity index (χ2n) is 13.6. The zero-order valence-electron chi connectivity index (χ0n) is 30.7. The quantitative estimate of drug-likeness (QED) is 0.0911. The summed E-state index contributed by atoms with van der Waals surface area (Å²) in [5.74, 6) is 2.79. The zero-order valence-corrected chi connectivity index (χ0v) is 34.6. The highest BCUT2D eigenvalue weighted by Gasteiger charge is 2.28. The van der Waals surface area contributed by atoms with Crippen LogP contribution in [0.2, 0.25) is 8.67 Å². The molecule has 0 bridgehead atoms. The Morgan fingerprint density at radius 1 is 0.691 bits per heavy atom. The number of aromatic nitrogens is 4. The molecule has 4 aromatic heterocycles. The van der Waals surface area contributed by atoms with Gasteiger partial charge in [0.15, 0.2) is 0 Å². The number of aromatic amines is 2. The van der Waals surface area contributed by atoms with Crippen LogP contribution in [0.5, 0.6) is 0 Å². The van der Waals surface area contributed by atoms with Crippen molar-refractivity contribution in [1.29, 1.82) is 0 Å². The van der Waals surface area contributed by atoms with E-state index in [0.29, 0.717) is 71.0 Å². The summed E-state index contributed by atoms with van der Waals surface area (Å²) in [4.78, 5) is 30.8. The van der Waals surface area contributed by atoms with Crippen LogP contribution in [-0.2, 0) is 22.6 Å². The number of morpholine rings is 2. The monoisotopic (exact) mass is 854 g/mol. The largest absolute Gasteiger partial charge is 0.378 e. The zero-order chi connectivity index (χ0) is 38.4. The van der Waals surface area contributed by atoms with Crippen molar-refractivity contribution >= 4 is 80.5 Å². The molecule has 0 radical (unpaired) electrons. The Morgan fingerprint density at radius 3 is 1.58 bits per heavy atom. The second-order valence-corrected chi connectivity index (χ2v) is 17.5. The fourth-order valence-corrected chi connectivity index (χ4v) is 8.95. The van der Waals surface area contributed by atoms with Crippen LogP contribution < -0.4 is 16.0 Å². The number of urea groups is 1. The lowest BCUT2D eigenvalue weighted by atomic mass is 9.94. The van der Waals surface area contributed by atoms with Crippen LogP contribution in [0.15, 0.2) is 36.4 Å². The summed E-state index contributed by atoms with van der Waals surface area (Å²) in [6.07, 6.45) is 4.28. The predicted octanol–water partition coefficient (Wildman–Crippen LogP) is 7.25. The summed E-state index contributed by atoms with van der Waals surface area (Å²) in [6, 6.07) is 12.3. The highest BCUT2D eigenvalue weighted by atomic mass is 35.5. The van der Waals surface area contributed by atoms with E-state index in [9.17, 15) is 9.59 Å². The molecule has 0 saturated carbocycles. The van der Waals surface area contributed by atoms with Gasteiger partial charge < -0.3 is 40.1 Å². The van der Waals surface area contributed by atoms with Crippen molar-refractivity contribution in [2.24, 2.45) is 0 Å². The summed E-state index contributed by atoms with van der Waals surface area (Å²) in [5, 5.41) is 24.7. The molecule has 0 aromatic carbocycles. The number of likely N-dealkylation sites (tertiary alicyclic amines) is 1. The molecular formula is C36H49Cl3N10O4S2. The average Bonchev–Trinajstić information content (AvgIpc) is 4.07. The third-order valence-corrected chi connectivity index (χ3v) is 12.6. The number of H-pyrrole nitrogens is 2.